The summed E-state index contributed by atoms with van der Waals surface area (Å²) in [5.74, 6) is -1.47. The molecule has 4 rings (SSSR count). The number of nitrogens with one attached hydrogen (secondary N) is 2. The van der Waals surface area contributed by atoms with Gasteiger partial charge >= 0.3 is 5.97 Å². The van der Waals surface area contributed by atoms with Gasteiger partial charge in [0.25, 0.3) is 5.91 Å². The summed E-state index contributed by atoms with van der Waals surface area (Å²) >= 11 is 0. The molecule has 0 aliphatic carbocycles. The Morgan fingerprint density at radius 1 is 1.32 bits per heavy atom. The molecule has 0 saturated carbocycles. The van der Waals surface area contributed by atoms with Gasteiger partial charge < -0.3 is 30.1 Å². The number of likely N-dealkylation sites (tertiary alicyclic amines) is 1. The Balaban J connectivity index is 1.60. The number of carbonyl (C=O) groups excluding carboxylic acids is 4. The number of amides is 2. The summed E-state index contributed by atoms with van der Waals surface area (Å²) in [5.41, 5.74) is 1.21. The van der Waals surface area contributed by atoms with Crippen molar-refractivity contribution in [3.63, 3.8) is 0 Å². The van der Waals surface area contributed by atoms with E-state index < -0.39 is 36.4 Å². The highest BCUT2D eigenvalue weighted by Gasteiger charge is 2.41. The fourth-order valence-electron chi connectivity index (χ4n) is 5.02. The lowest BCUT2D eigenvalue weighted by Crippen LogP contribution is -2.58. The van der Waals surface area contributed by atoms with Crippen molar-refractivity contribution >= 4 is 34.7 Å². The molecule has 0 spiro atoms. The lowest BCUT2D eigenvalue weighted by molar-refractivity contribution is -0.141. The average Bonchev–Trinajstić information content (AvgIpc) is 3.62. The number of cyclic esters (lactones) is 1. The zero-order chi connectivity index (χ0) is 27.6. The molecule has 2 amide bonds. The van der Waals surface area contributed by atoms with Crippen LogP contribution in [0.25, 0.3) is 11.0 Å². The highest BCUT2D eigenvalue weighted by atomic mass is 16.6. The number of hydrogen-bond acceptors (Lipinski definition) is 9. The smallest absolute Gasteiger partial charge is 0.306 e. The van der Waals surface area contributed by atoms with Crippen LogP contribution in [0.5, 0.6) is 0 Å². The number of methoxy groups -OCH3 is 1. The molecule has 3 N–H and O–H groups in total. The van der Waals surface area contributed by atoms with E-state index in [1.54, 1.807) is 44.3 Å². The van der Waals surface area contributed by atoms with E-state index in [-0.39, 0.29) is 36.7 Å². The Kier molecular flexibility index (Phi) is 8.44. The molecule has 0 aromatic carbocycles. The minimum atomic E-state index is -0.947. The van der Waals surface area contributed by atoms with Crippen LogP contribution in [0.4, 0.5) is 0 Å². The van der Waals surface area contributed by atoms with Crippen LogP contribution in [0.1, 0.15) is 43.5 Å². The normalized spacial score (nSPS) is 23.8. The van der Waals surface area contributed by atoms with Crippen LogP contribution in [-0.4, -0.2) is 100 Å². The van der Waals surface area contributed by atoms with Gasteiger partial charge in [0.05, 0.1) is 18.2 Å². The number of aromatic nitrogens is 2. The minimum Gasteiger partial charge on any atom is -0.452 e. The summed E-state index contributed by atoms with van der Waals surface area (Å²) in [7, 11) is 3.12. The number of aliphatic hydroxyl groups excluding tert-OH is 1. The molecule has 1 unspecified atom stereocenters. The molecule has 12 heteroatoms. The zero-order valence-electron chi connectivity index (χ0n) is 22.0. The van der Waals surface area contributed by atoms with Gasteiger partial charge in [-0.05, 0) is 51.4 Å². The first-order valence-electron chi connectivity index (χ1n) is 12.8. The van der Waals surface area contributed by atoms with Crippen LogP contribution < -0.4 is 10.6 Å². The second-order valence-corrected chi connectivity index (χ2v) is 9.93. The number of rotatable bonds is 9. The summed E-state index contributed by atoms with van der Waals surface area (Å²) in [6, 6.07) is 1.76. The maximum Gasteiger partial charge on any atom is 0.306 e. The van der Waals surface area contributed by atoms with Gasteiger partial charge in [0.2, 0.25) is 11.8 Å². The molecule has 12 nitrogen and oxygen atoms in total. The third kappa shape index (κ3) is 5.57. The zero-order valence-corrected chi connectivity index (χ0v) is 22.0. The number of pyridine rings is 1. The number of aliphatic hydroxyl groups is 1. The van der Waals surface area contributed by atoms with Crippen molar-refractivity contribution in [3.05, 3.63) is 30.1 Å². The summed E-state index contributed by atoms with van der Waals surface area (Å²) < 4.78 is 12.0. The topological polar surface area (TPSA) is 152 Å². The fraction of sp³-hybridized carbons (Fsp3) is 0.577. The molecular weight excluding hydrogens is 494 g/mol. The van der Waals surface area contributed by atoms with Gasteiger partial charge in [-0.25, -0.2) is 4.98 Å². The van der Waals surface area contributed by atoms with Crippen LogP contribution in [0.3, 0.4) is 0 Å². The van der Waals surface area contributed by atoms with E-state index >= 15 is 0 Å². The largest absolute Gasteiger partial charge is 0.452 e. The SMILES string of the molecule is CN[C@@H](C)C(=O)N[C@H](C(=O)N1C[C@@H](O)C[C@H]1Cc1cn(C(=O)C2CCC(=O)O2)c2ncccc12)[C@@H](C)OC. The molecule has 2 aromatic rings. The van der Waals surface area contributed by atoms with Crippen molar-refractivity contribution in [2.24, 2.45) is 0 Å². The van der Waals surface area contributed by atoms with Crippen molar-refractivity contribution in [3.8, 4) is 0 Å². The molecule has 0 radical (unpaired) electrons. The molecule has 2 aliphatic rings. The Bertz CT molecular complexity index is 1210. The molecule has 0 bridgehead atoms. The fourth-order valence-corrected chi connectivity index (χ4v) is 5.02. The molecule has 38 heavy (non-hydrogen) atoms. The molecule has 6 atom stereocenters. The van der Waals surface area contributed by atoms with Gasteiger partial charge in [-0.15, -0.1) is 0 Å². The van der Waals surface area contributed by atoms with Crippen LogP contribution in [0, 0.1) is 0 Å². The quantitative estimate of drug-likeness (QED) is 0.382. The molecule has 2 aliphatic heterocycles. The number of carbonyl (C=O) groups is 4. The number of β-amino-alcohol motifs (C(OH)–C–C–N with tert-alkyl or cyclic N) is 1. The molecule has 2 fully saturated rings. The highest BCUT2D eigenvalue weighted by Crippen LogP contribution is 2.29. The number of esters is 1. The van der Waals surface area contributed by atoms with E-state index in [1.165, 1.54) is 11.7 Å². The van der Waals surface area contributed by atoms with Crippen molar-refractivity contribution in [2.45, 2.75) is 76.0 Å². The highest BCUT2D eigenvalue weighted by molar-refractivity contribution is 5.96. The molecule has 2 aromatic heterocycles. The predicted molar refractivity (Wildman–Crippen MR) is 136 cm³/mol. The minimum absolute atomic E-state index is 0.113. The standard InChI is InChI=1S/C26H35N5O7/c1-14(27-3)24(34)29-22(15(2)37-4)26(36)30-13-18(32)11-17(30)10-16-12-31(23-19(16)6-5-9-28-23)25(35)20-7-8-21(33)38-20/h5-6,9,12,14-15,17-18,20,22,27,32H,7-8,10-11,13H2,1-4H3,(H,29,34)/t14-,15+,17+,18-,20?,22-/m0/s1. The van der Waals surface area contributed by atoms with E-state index in [2.05, 4.69) is 15.6 Å². The first kappa shape index (κ1) is 27.7. The van der Waals surface area contributed by atoms with Crippen molar-refractivity contribution in [1.82, 2.24) is 25.1 Å². The van der Waals surface area contributed by atoms with E-state index in [4.69, 9.17) is 9.47 Å². The number of nitrogens with zero attached hydrogens (tertiary/aromatic N) is 3. The van der Waals surface area contributed by atoms with E-state index in [9.17, 15) is 24.3 Å². The average molecular weight is 530 g/mol. The monoisotopic (exact) mass is 529 g/mol. The maximum atomic E-state index is 13.7. The third-order valence-electron chi connectivity index (χ3n) is 7.41. The first-order chi connectivity index (χ1) is 18.1. The van der Waals surface area contributed by atoms with E-state index in [0.717, 1.165) is 10.9 Å². The van der Waals surface area contributed by atoms with Gasteiger partial charge in [-0.3, -0.25) is 23.7 Å². The van der Waals surface area contributed by atoms with Crippen molar-refractivity contribution in [1.29, 1.82) is 0 Å². The van der Waals surface area contributed by atoms with Gasteiger partial charge in [0.1, 0.15) is 11.7 Å². The number of hydrogen-bond donors (Lipinski definition) is 3. The Morgan fingerprint density at radius 2 is 2.08 bits per heavy atom. The molecular formula is C26H35N5O7. The lowest BCUT2D eigenvalue weighted by Gasteiger charge is -2.32. The maximum absolute atomic E-state index is 13.7. The Hall–Kier alpha value is -3.35. The van der Waals surface area contributed by atoms with Gasteiger partial charge in [0.15, 0.2) is 6.10 Å². The Morgan fingerprint density at radius 3 is 2.74 bits per heavy atom. The van der Waals surface area contributed by atoms with Crippen LogP contribution in [0.15, 0.2) is 24.5 Å². The first-order valence-corrected chi connectivity index (χ1v) is 12.8. The van der Waals surface area contributed by atoms with E-state index in [1.807, 2.05) is 6.07 Å². The Labute approximate surface area is 220 Å². The second kappa shape index (κ2) is 11.6. The summed E-state index contributed by atoms with van der Waals surface area (Å²) in [6.07, 6.45) is 2.24. The summed E-state index contributed by atoms with van der Waals surface area (Å²) in [5, 5.41) is 16.9. The molecule has 206 valence electrons. The van der Waals surface area contributed by atoms with Crippen LogP contribution >= 0.6 is 0 Å². The van der Waals surface area contributed by atoms with Gasteiger partial charge in [0, 0.05) is 50.3 Å². The van der Waals surface area contributed by atoms with E-state index in [0.29, 0.717) is 24.9 Å². The van der Waals surface area contributed by atoms with Gasteiger partial charge in [-0.2, -0.15) is 0 Å². The molecule has 4 heterocycles. The number of ether oxygens (including phenoxy) is 2. The predicted octanol–water partition coefficient (Wildman–Crippen LogP) is 0.0140. The van der Waals surface area contributed by atoms with Gasteiger partial charge in [-0.1, -0.05) is 0 Å². The summed E-state index contributed by atoms with van der Waals surface area (Å²) in [6.45, 7) is 3.51. The van der Waals surface area contributed by atoms with Crippen molar-refractivity contribution in [2.75, 3.05) is 20.7 Å². The molecule has 2 saturated heterocycles. The number of fused-ring (bicyclic) bond motifs is 1. The number of likely N-dealkylation sites (N-methyl/N-ethyl adjacent to an activating group) is 1. The van der Waals surface area contributed by atoms with Crippen LogP contribution in [-0.2, 0) is 30.3 Å². The van der Waals surface area contributed by atoms with Crippen molar-refractivity contribution < 1.29 is 33.8 Å². The summed E-state index contributed by atoms with van der Waals surface area (Å²) in [4.78, 5) is 56.9. The second-order valence-electron chi connectivity index (χ2n) is 9.93. The third-order valence-corrected chi connectivity index (χ3v) is 7.41. The van der Waals surface area contributed by atoms with Crippen LogP contribution in [0.2, 0.25) is 0 Å². The lowest BCUT2D eigenvalue weighted by atomic mass is 10.0.